The SMILES string of the molecule is Cc1ccc(S(=O)(=O)N2CCCCC2)cc1C#Cc1cc(Cl)ccc1OCC(=O)OC(C)(C)C. The Balaban J connectivity index is 1.86. The fraction of sp³-hybridized carbons (Fsp3) is 0.423. The first-order chi connectivity index (χ1) is 16.0. The van der Waals surface area contributed by atoms with Gasteiger partial charge in [-0.15, -0.1) is 0 Å². The van der Waals surface area contributed by atoms with E-state index in [9.17, 15) is 13.2 Å². The van der Waals surface area contributed by atoms with Crippen molar-refractivity contribution in [3.05, 3.63) is 58.1 Å². The van der Waals surface area contributed by atoms with E-state index in [1.165, 1.54) is 4.31 Å². The largest absolute Gasteiger partial charge is 0.481 e. The molecular weight excluding hydrogens is 474 g/mol. The summed E-state index contributed by atoms with van der Waals surface area (Å²) in [5, 5.41) is 0.465. The van der Waals surface area contributed by atoms with Gasteiger partial charge >= 0.3 is 5.97 Å². The summed E-state index contributed by atoms with van der Waals surface area (Å²) < 4.78 is 38.6. The highest BCUT2D eigenvalue weighted by Crippen LogP contribution is 2.25. The second kappa shape index (κ2) is 10.8. The number of esters is 1. The molecule has 0 radical (unpaired) electrons. The van der Waals surface area contributed by atoms with Crippen LogP contribution in [0.5, 0.6) is 5.75 Å². The summed E-state index contributed by atoms with van der Waals surface area (Å²) in [6, 6.07) is 9.92. The van der Waals surface area contributed by atoms with Gasteiger partial charge in [-0.25, -0.2) is 13.2 Å². The van der Waals surface area contributed by atoms with Crippen LogP contribution in [0.2, 0.25) is 5.02 Å². The lowest BCUT2D eigenvalue weighted by Crippen LogP contribution is -2.35. The van der Waals surface area contributed by atoms with Crippen molar-refractivity contribution >= 4 is 27.6 Å². The number of benzene rings is 2. The topological polar surface area (TPSA) is 72.9 Å². The maximum absolute atomic E-state index is 13.1. The van der Waals surface area contributed by atoms with Crippen LogP contribution < -0.4 is 4.74 Å². The quantitative estimate of drug-likeness (QED) is 0.426. The van der Waals surface area contributed by atoms with Crippen LogP contribution in [0.4, 0.5) is 0 Å². The van der Waals surface area contributed by atoms with Gasteiger partial charge in [0.25, 0.3) is 0 Å². The van der Waals surface area contributed by atoms with Crippen LogP contribution in [-0.2, 0) is 19.6 Å². The number of carbonyl (C=O) groups excluding carboxylic acids is 1. The second-order valence-corrected chi connectivity index (χ2v) is 11.6. The number of carbonyl (C=O) groups is 1. The van der Waals surface area contributed by atoms with Gasteiger partial charge in [0, 0.05) is 23.7 Å². The summed E-state index contributed by atoms with van der Waals surface area (Å²) >= 11 is 6.15. The van der Waals surface area contributed by atoms with Crippen molar-refractivity contribution in [3.63, 3.8) is 0 Å². The van der Waals surface area contributed by atoms with Gasteiger partial charge in [0.05, 0.1) is 10.5 Å². The number of ether oxygens (including phenoxy) is 2. The molecule has 0 aromatic heterocycles. The molecule has 2 aromatic carbocycles. The molecule has 0 spiro atoms. The highest BCUT2D eigenvalue weighted by molar-refractivity contribution is 7.89. The van der Waals surface area contributed by atoms with Crippen LogP contribution in [0.25, 0.3) is 0 Å². The first-order valence-corrected chi connectivity index (χ1v) is 13.0. The Kier molecular flexibility index (Phi) is 8.29. The molecule has 34 heavy (non-hydrogen) atoms. The molecule has 0 amide bonds. The average Bonchev–Trinajstić information content (AvgIpc) is 2.77. The minimum Gasteiger partial charge on any atom is -0.481 e. The average molecular weight is 504 g/mol. The van der Waals surface area contributed by atoms with Crippen LogP contribution in [0.15, 0.2) is 41.3 Å². The van der Waals surface area contributed by atoms with Gasteiger partial charge in [0.15, 0.2) is 6.61 Å². The third kappa shape index (κ3) is 6.99. The van der Waals surface area contributed by atoms with E-state index in [0.29, 0.717) is 35.0 Å². The monoisotopic (exact) mass is 503 g/mol. The Hall–Kier alpha value is -2.53. The van der Waals surface area contributed by atoms with E-state index in [2.05, 4.69) is 11.8 Å². The van der Waals surface area contributed by atoms with Gasteiger partial charge in [-0.1, -0.05) is 35.9 Å². The smallest absolute Gasteiger partial charge is 0.344 e. The summed E-state index contributed by atoms with van der Waals surface area (Å²) in [5.74, 6) is 5.97. The summed E-state index contributed by atoms with van der Waals surface area (Å²) in [4.78, 5) is 12.3. The Morgan fingerprint density at radius 3 is 2.38 bits per heavy atom. The predicted octanol–water partition coefficient (Wildman–Crippen LogP) is 4.94. The van der Waals surface area contributed by atoms with E-state index in [1.807, 2.05) is 6.92 Å². The zero-order chi connectivity index (χ0) is 24.9. The van der Waals surface area contributed by atoms with Crippen molar-refractivity contribution in [3.8, 4) is 17.6 Å². The van der Waals surface area contributed by atoms with E-state index in [1.54, 1.807) is 57.2 Å². The number of piperidine rings is 1. The lowest BCUT2D eigenvalue weighted by Gasteiger charge is -2.26. The fourth-order valence-electron chi connectivity index (χ4n) is 3.52. The molecule has 0 saturated carbocycles. The molecule has 1 aliphatic rings. The molecule has 6 nitrogen and oxygen atoms in total. The molecule has 0 aliphatic carbocycles. The van der Waals surface area contributed by atoms with Gasteiger partial charge in [-0.05, 0) is 76.4 Å². The highest BCUT2D eigenvalue weighted by atomic mass is 35.5. The minimum absolute atomic E-state index is 0.233. The second-order valence-electron chi connectivity index (χ2n) is 9.21. The Bertz CT molecular complexity index is 1220. The van der Waals surface area contributed by atoms with E-state index in [0.717, 1.165) is 24.8 Å². The lowest BCUT2D eigenvalue weighted by molar-refractivity contribution is -0.157. The minimum atomic E-state index is -3.56. The van der Waals surface area contributed by atoms with Crippen LogP contribution in [0, 0.1) is 18.8 Å². The third-order valence-electron chi connectivity index (χ3n) is 5.20. The molecule has 1 fully saturated rings. The maximum Gasteiger partial charge on any atom is 0.344 e. The molecule has 3 rings (SSSR count). The van der Waals surface area contributed by atoms with Gasteiger partial charge in [0.1, 0.15) is 11.4 Å². The van der Waals surface area contributed by atoms with Crippen molar-refractivity contribution < 1.29 is 22.7 Å². The Labute approximate surface area is 207 Å². The summed E-state index contributed by atoms with van der Waals surface area (Å²) in [6.07, 6.45) is 2.80. The van der Waals surface area contributed by atoms with Gasteiger partial charge in [-0.2, -0.15) is 4.31 Å². The van der Waals surface area contributed by atoms with Crippen LogP contribution in [-0.4, -0.2) is 44.0 Å². The molecule has 0 atom stereocenters. The standard InChI is InChI=1S/C26H30ClNO5S/c1-19-8-12-23(34(30,31)28-14-6-5-7-15-28)17-20(19)9-10-21-16-22(27)11-13-24(21)32-18-25(29)33-26(2,3)4/h8,11-13,16-17H,5-7,14-15,18H2,1-4H3. The van der Waals surface area contributed by atoms with E-state index < -0.39 is 21.6 Å². The van der Waals surface area contributed by atoms with Gasteiger partial charge in [-0.3, -0.25) is 0 Å². The third-order valence-corrected chi connectivity index (χ3v) is 7.33. The van der Waals surface area contributed by atoms with Crippen molar-refractivity contribution in [1.82, 2.24) is 4.31 Å². The molecule has 0 unspecified atom stereocenters. The van der Waals surface area contributed by atoms with Crippen molar-refractivity contribution in [1.29, 1.82) is 0 Å². The molecule has 0 N–H and O–H groups in total. The molecule has 2 aromatic rings. The molecule has 1 saturated heterocycles. The number of hydrogen-bond acceptors (Lipinski definition) is 5. The van der Waals surface area contributed by atoms with Crippen LogP contribution >= 0.6 is 11.6 Å². The Morgan fingerprint density at radius 2 is 1.71 bits per heavy atom. The van der Waals surface area contributed by atoms with Crippen molar-refractivity contribution in [2.45, 2.75) is 57.5 Å². The highest BCUT2D eigenvalue weighted by Gasteiger charge is 2.26. The van der Waals surface area contributed by atoms with Crippen LogP contribution in [0.1, 0.15) is 56.7 Å². The van der Waals surface area contributed by atoms with Crippen molar-refractivity contribution in [2.75, 3.05) is 19.7 Å². The number of aryl methyl sites for hydroxylation is 1. The zero-order valence-corrected chi connectivity index (χ0v) is 21.6. The summed E-state index contributed by atoms with van der Waals surface area (Å²) in [5.41, 5.74) is 1.32. The van der Waals surface area contributed by atoms with Gasteiger partial charge < -0.3 is 9.47 Å². The molecule has 1 aliphatic heterocycles. The first-order valence-electron chi connectivity index (χ1n) is 11.2. The molecule has 8 heteroatoms. The van der Waals surface area contributed by atoms with E-state index in [4.69, 9.17) is 21.1 Å². The molecule has 0 bridgehead atoms. The number of halogens is 1. The van der Waals surface area contributed by atoms with Gasteiger partial charge in [0.2, 0.25) is 10.0 Å². The van der Waals surface area contributed by atoms with Crippen LogP contribution in [0.3, 0.4) is 0 Å². The van der Waals surface area contributed by atoms with Crippen molar-refractivity contribution in [2.24, 2.45) is 0 Å². The number of nitrogens with zero attached hydrogens (tertiary/aromatic N) is 1. The lowest BCUT2D eigenvalue weighted by atomic mass is 10.1. The Morgan fingerprint density at radius 1 is 1.03 bits per heavy atom. The number of hydrogen-bond donors (Lipinski definition) is 0. The first kappa shape index (κ1) is 26.1. The number of rotatable bonds is 5. The summed E-state index contributed by atoms with van der Waals surface area (Å²) in [6.45, 7) is 8.04. The predicted molar refractivity (Wildman–Crippen MR) is 133 cm³/mol. The normalized spacial score (nSPS) is 14.7. The molecule has 182 valence electrons. The fourth-order valence-corrected chi connectivity index (χ4v) is 5.23. The molecule has 1 heterocycles. The maximum atomic E-state index is 13.1. The van der Waals surface area contributed by atoms with E-state index >= 15 is 0 Å². The number of sulfonamides is 1. The molecular formula is C26H30ClNO5S. The van der Waals surface area contributed by atoms with E-state index in [-0.39, 0.29) is 11.5 Å². The zero-order valence-electron chi connectivity index (χ0n) is 20.0. The summed E-state index contributed by atoms with van der Waals surface area (Å²) in [7, 11) is -3.56.